The monoisotopic (exact) mass is 236 g/mol. The van der Waals surface area contributed by atoms with Crippen LogP contribution in [0.4, 0.5) is 5.82 Å². The van der Waals surface area contributed by atoms with Gasteiger partial charge in [-0.1, -0.05) is 20.8 Å². The van der Waals surface area contributed by atoms with Crippen LogP contribution >= 0.6 is 11.3 Å². The summed E-state index contributed by atoms with van der Waals surface area (Å²) in [5.41, 5.74) is 2.61. The number of nitrogens with zero attached hydrogens (tertiary/aromatic N) is 2. The highest BCUT2D eigenvalue weighted by Gasteiger charge is 2.15. The predicted molar refractivity (Wildman–Crippen MR) is 68.5 cm³/mol. The topological polar surface area (TPSA) is 63.8 Å². The quantitative estimate of drug-likeness (QED) is 0.635. The molecule has 0 spiro atoms. The standard InChI is InChI=1S/C11H16N4S/c1-6(2)7(3)9-4-8-10(15-12)13-5-14-11(8)16-9/h4-7H,12H2,1-3H3,(H,13,14,15). The van der Waals surface area contributed by atoms with Crippen molar-refractivity contribution in [2.75, 3.05) is 5.43 Å². The molecule has 16 heavy (non-hydrogen) atoms. The lowest BCUT2D eigenvalue weighted by Gasteiger charge is -2.12. The van der Waals surface area contributed by atoms with Gasteiger partial charge in [-0.3, -0.25) is 0 Å². The van der Waals surface area contributed by atoms with Gasteiger partial charge in [-0.15, -0.1) is 11.3 Å². The van der Waals surface area contributed by atoms with Gasteiger partial charge >= 0.3 is 0 Å². The van der Waals surface area contributed by atoms with Crippen molar-refractivity contribution < 1.29 is 0 Å². The number of fused-ring (bicyclic) bond motifs is 1. The smallest absolute Gasteiger partial charge is 0.152 e. The highest BCUT2D eigenvalue weighted by Crippen LogP contribution is 2.35. The minimum Gasteiger partial charge on any atom is -0.308 e. The second kappa shape index (κ2) is 4.35. The predicted octanol–water partition coefficient (Wildman–Crippen LogP) is 2.74. The van der Waals surface area contributed by atoms with E-state index in [-0.39, 0.29) is 0 Å². The minimum absolute atomic E-state index is 0.532. The third kappa shape index (κ3) is 1.88. The SMILES string of the molecule is CC(C)C(C)c1cc2c(NN)ncnc2s1. The van der Waals surface area contributed by atoms with Gasteiger partial charge in [-0.25, -0.2) is 15.8 Å². The fraction of sp³-hybridized carbons (Fsp3) is 0.455. The van der Waals surface area contributed by atoms with Gasteiger partial charge in [0.15, 0.2) is 5.82 Å². The molecule has 5 heteroatoms. The Labute approximate surface area is 98.9 Å². The molecular formula is C11H16N4S. The Hall–Kier alpha value is -1.20. The molecule has 0 aliphatic heterocycles. The maximum Gasteiger partial charge on any atom is 0.152 e. The van der Waals surface area contributed by atoms with E-state index in [0.717, 1.165) is 10.2 Å². The summed E-state index contributed by atoms with van der Waals surface area (Å²) in [4.78, 5) is 10.7. The molecule has 0 aliphatic carbocycles. The van der Waals surface area contributed by atoms with E-state index in [4.69, 9.17) is 5.84 Å². The number of anilines is 1. The van der Waals surface area contributed by atoms with Crippen molar-refractivity contribution in [2.45, 2.75) is 26.7 Å². The van der Waals surface area contributed by atoms with E-state index in [0.29, 0.717) is 17.7 Å². The average molecular weight is 236 g/mol. The van der Waals surface area contributed by atoms with Gasteiger partial charge in [-0.05, 0) is 17.9 Å². The Balaban J connectivity index is 2.51. The number of nitrogens with one attached hydrogen (secondary N) is 1. The van der Waals surface area contributed by atoms with Gasteiger partial charge in [0.1, 0.15) is 11.2 Å². The Kier molecular flexibility index (Phi) is 3.07. The maximum atomic E-state index is 5.43. The highest BCUT2D eigenvalue weighted by molar-refractivity contribution is 7.18. The molecule has 1 unspecified atom stereocenters. The number of nitrogens with two attached hydrogens (primary N) is 1. The maximum absolute atomic E-state index is 5.43. The van der Waals surface area contributed by atoms with Gasteiger partial charge in [0.2, 0.25) is 0 Å². The molecule has 0 saturated heterocycles. The molecule has 0 fully saturated rings. The second-order valence-corrected chi connectivity index (χ2v) is 5.33. The molecule has 2 rings (SSSR count). The number of hydrogen-bond acceptors (Lipinski definition) is 5. The average Bonchev–Trinajstić information content (AvgIpc) is 2.70. The van der Waals surface area contributed by atoms with Crippen molar-refractivity contribution >= 4 is 27.4 Å². The Morgan fingerprint density at radius 3 is 2.69 bits per heavy atom. The molecule has 4 nitrogen and oxygen atoms in total. The van der Waals surface area contributed by atoms with E-state index in [2.05, 4.69) is 42.2 Å². The Morgan fingerprint density at radius 1 is 1.31 bits per heavy atom. The summed E-state index contributed by atoms with van der Waals surface area (Å²) < 4.78 is 0. The van der Waals surface area contributed by atoms with Gasteiger partial charge in [0.05, 0.1) is 5.39 Å². The van der Waals surface area contributed by atoms with Crippen LogP contribution in [0.3, 0.4) is 0 Å². The molecule has 0 radical (unpaired) electrons. The van der Waals surface area contributed by atoms with Crippen molar-refractivity contribution in [1.29, 1.82) is 0 Å². The summed E-state index contributed by atoms with van der Waals surface area (Å²) in [6.45, 7) is 6.68. The Morgan fingerprint density at radius 2 is 2.06 bits per heavy atom. The molecule has 0 amide bonds. The second-order valence-electron chi connectivity index (χ2n) is 4.27. The molecule has 0 aliphatic rings. The minimum atomic E-state index is 0.532. The van der Waals surface area contributed by atoms with Gasteiger partial charge < -0.3 is 5.43 Å². The fourth-order valence-corrected chi connectivity index (χ4v) is 2.77. The number of nitrogen functional groups attached to an aromatic ring is 1. The highest BCUT2D eigenvalue weighted by atomic mass is 32.1. The van der Waals surface area contributed by atoms with Crippen molar-refractivity contribution in [2.24, 2.45) is 11.8 Å². The first kappa shape index (κ1) is 11.3. The zero-order chi connectivity index (χ0) is 11.7. The van der Waals surface area contributed by atoms with Gasteiger partial charge in [0, 0.05) is 4.88 Å². The van der Waals surface area contributed by atoms with Crippen molar-refractivity contribution in [1.82, 2.24) is 9.97 Å². The largest absolute Gasteiger partial charge is 0.308 e. The lowest BCUT2D eigenvalue weighted by Crippen LogP contribution is -2.08. The molecule has 2 heterocycles. The molecule has 3 N–H and O–H groups in total. The number of hydrogen-bond donors (Lipinski definition) is 2. The van der Waals surface area contributed by atoms with E-state index < -0.39 is 0 Å². The van der Waals surface area contributed by atoms with Gasteiger partial charge in [0.25, 0.3) is 0 Å². The number of aromatic nitrogens is 2. The molecule has 1 atom stereocenters. The van der Waals surface area contributed by atoms with Crippen LogP contribution in [0.1, 0.15) is 31.6 Å². The fourth-order valence-electron chi connectivity index (χ4n) is 1.54. The molecule has 2 aromatic heterocycles. The van der Waals surface area contributed by atoms with Crippen LogP contribution in [0, 0.1) is 5.92 Å². The first-order valence-electron chi connectivity index (χ1n) is 5.34. The number of hydrazine groups is 1. The van der Waals surface area contributed by atoms with E-state index >= 15 is 0 Å². The number of thiophene rings is 1. The summed E-state index contributed by atoms with van der Waals surface area (Å²) >= 11 is 1.72. The Bertz CT molecular complexity index is 492. The van der Waals surface area contributed by atoms with E-state index in [1.807, 2.05) is 0 Å². The zero-order valence-electron chi connectivity index (χ0n) is 9.69. The molecule has 0 bridgehead atoms. The summed E-state index contributed by atoms with van der Waals surface area (Å²) in [5.74, 6) is 7.28. The van der Waals surface area contributed by atoms with Crippen LogP contribution in [0.15, 0.2) is 12.4 Å². The first-order valence-corrected chi connectivity index (χ1v) is 6.16. The van der Waals surface area contributed by atoms with Crippen LogP contribution in [0.25, 0.3) is 10.2 Å². The normalized spacial score (nSPS) is 13.3. The molecule has 86 valence electrons. The van der Waals surface area contributed by atoms with Crippen LogP contribution in [0.2, 0.25) is 0 Å². The third-order valence-electron chi connectivity index (χ3n) is 2.93. The van der Waals surface area contributed by atoms with Crippen LogP contribution < -0.4 is 11.3 Å². The van der Waals surface area contributed by atoms with Crippen molar-refractivity contribution in [3.05, 3.63) is 17.3 Å². The summed E-state index contributed by atoms with van der Waals surface area (Å²) in [6, 6.07) is 2.14. The lowest BCUT2D eigenvalue weighted by atomic mass is 9.96. The lowest BCUT2D eigenvalue weighted by molar-refractivity contribution is 0.542. The molecule has 0 aromatic carbocycles. The molecule has 2 aromatic rings. The van der Waals surface area contributed by atoms with Gasteiger partial charge in [-0.2, -0.15) is 0 Å². The summed E-state index contributed by atoms with van der Waals surface area (Å²) in [5, 5.41) is 1.01. The van der Waals surface area contributed by atoms with E-state index in [1.165, 1.54) is 11.2 Å². The van der Waals surface area contributed by atoms with E-state index in [1.54, 1.807) is 11.3 Å². The summed E-state index contributed by atoms with van der Waals surface area (Å²) in [6.07, 6.45) is 1.54. The molecular weight excluding hydrogens is 220 g/mol. The number of rotatable bonds is 3. The van der Waals surface area contributed by atoms with Crippen LogP contribution in [0.5, 0.6) is 0 Å². The van der Waals surface area contributed by atoms with Crippen molar-refractivity contribution in [3.8, 4) is 0 Å². The summed E-state index contributed by atoms with van der Waals surface area (Å²) in [7, 11) is 0. The third-order valence-corrected chi connectivity index (χ3v) is 4.18. The van der Waals surface area contributed by atoms with E-state index in [9.17, 15) is 0 Å². The van der Waals surface area contributed by atoms with Crippen molar-refractivity contribution in [3.63, 3.8) is 0 Å². The van der Waals surface area contributed by atoms with Crippen LogP contribution in [-0.2, 0) is 0 Å². The van der Waals surface area contributed by atoms with Crippen LogP contribution in [-0.4, -0.2) is 9.97 Å². The first-order chi connectivity index (χ1) is 7.63. The zero-order valence-corrected chi connectivity index (χ0v) is 10.5. The molecule has 0 saturated carbocycles.